The number of ether oxygens (including phenoxy) is 8. The largest absolute Gasteiger partial charge is 0.459 e. The van der Waals surface area contributed by atoms with Gasteiger partial charge in [-0.05, 0) is 108 Å². The molecule has 7 N–H and O–H groups in total. The van der Waals surface area contributed by atoms with Gasteiger partial charge >= 0.3 is 12.1 Å². The van der Waals surface area contributed by atoms with Crippen molar-refractivity contribution in [2.45, 2.75) is 193 Å². The van der Waals surface area contributed by atoms with Crippen molar-refractivity contribution in [2.24, 2.45) is 35.3 Å². The molecule has 28 nitrogen and oxygen atoms in total. The monoisotopic (exact) mass is 1400 g/mol. The van der Waals surface area contributed by atoms with E-state index in [1.54, 1.807) is 40.3 Å². The third-order valence-electron chi connectivity index (χ3n) is 19.6. The van der Waals surface area contributed by atoms with Crippen molar-refractivity contribution in [2.75, 3.05) is 103 Å². The maximum Gasteiger partial charge on any atom is 0.407 e. The van der Waals surface area contributed by atoms with Gasteiger partial charge in [-0.2, -0.15) is 0 Å². The first-order valence-electron chi connectivity index (χ1n) is 35.4. The molecule has 15 atom stereocenters. The molecule has 2 aromatic rings. The number of piperidine rings is 1. The SMILES string of the molecule is CCOCCOCCOCCNC(=O)c1cnc(N2CCN(c3ncc(CNC(=O)O[C@@H]4CC[C@@H](C[C@@H](N)[C@@H]5CC(=O)[C@H](C)/C=C(\C)[C@@H](O)[C@@H](O)C(=O)[C@H](C)C[C@H](C)/C=C/C=C/C=C(\C)[C@@H](OC)C[C@@H]6CC[C@@H](C)[C@@](O)(O6)C(=O)C(=O)N6CCCC[C@H]6C(=O)O5)C[C@H]4OC)cn3)CC2)nc1. The van der Waals surface area contributed by atoms with E-state index in [9.17, 15) is 48.9 Å². The van der Waals surface area contributed by atoms with E-state index in [4.69, 9.17) is 43.6 Å². The third-order valence-corrected chi connectivity index (χ3v) is 19.6. The Morgan fingerprint density at radius 2 is 1.40 bits per heavy atom. The third kappa shape index (κ3) is 23.3. The number of nitrogens with one attached hydrogen (secondary N) is 2. The first-order chi connectivity index (χ1) is 47.9. The van der Waals surface area contributed by atoms with Gasteiger partial charge in [-0.25, -0.2) is 29.5 Å². The number of cyclic esters (lactones) is 1. The molecule has 4 fully saturated rings. The highest BCUT2D eigenvalue weighted by molar-refractivity contribution is 6.39. The number of methoxy groups -OCH3 is 2. The minimum atomic E-state index is -2.51. The molecule has 0 radical (unpaired) electrons. The lowest BCUT2D eigenvalue weighted by Crippen LogP contribution is -2.61. The van der Waals surface area contributed by atoms with Crippen LogP contribution in [0.15, 0.2) is 72.4 Å². The molecule has 0 spiro atoms. The van der Waals surface area contributed by atoms with E-state index in [1.807, 2.05) is 61.0 Å². The van der Waals surface area contributed by atoms with Crippen LogP contribution in [-0.4, -0.2) is 235 Å². The number of ketones is 3. The molecule has 7 rings (SSSR count). The van der Waals surface area contributed by atoms with Crippen LogP contribution < -0.4 is 26.2 Å². The fraction of sp³-hybridized carbons (Fsp3) is 0.681. The van der Waals surface area contributed by atoms with Gasteiger partial charge in [0.15, 0.2) is 5.78 Å². The van der Waals surface area contributed by atoms with Gasteiger partial charge in [0.05, 0.1) is 56.9 Å². The van der Waals surface area contributed by atoms with E-state index >= 15 is 0 Å². The summed E-state index contributed by atoms with van der Waals surface area (Å²) in [5, 5.41) is 40.2. The Labute approximate surface area is 587 Å². The zero-order chi connectivity index (χ0) is 72.5. The first kappa shape index (κ1) is 80.3. The van der Waals surface area contributed by atoms with Crippen LogP contribution >= 0.6 is 0 Å². The van der Waals surface area contributed by atoms with Crippen LogP contribution in [0.25, 0.3) is 0 Å². The molecule has 5 aliphatic rings. The summed E-state index contributed by atoms with van der Waals surface area (Å²) in [6.45, 7) is 17.8. The van der Waals surface area contributed by atoms with Crippen molar-refractivity contribution >= 4 is 53.1 Å². The van der Waals surface area contributed by atoms with E-state index in [0.717, 1.165) is 10.5 Å². The number of aliphatic hydroxyl groups is 3. The summed E-state index contributed by atoms with van der Waals surface area (Å²) in [5.41, 5.74) is 9.01. The number of hydrogen-bond donors (Lipinski definition) is 6. The summed E-state index contributed by atoms with van der Waals surface area (Å²) in [6, 6.07) is -2.25. The summed E-state index contributed by atoms with van der Waals surface area (Å²) in [7, 11) is 3.06. The fourth-order valence-corrected chi connectivity index (χ4v) is 13.4. The van der Waals surface area contributed by atoms with E-state index in [-0.39, 0.29) is 55.7 Å². The number of allylic oxidation sites excluding steroid dienone is 6. The normalized spacial score (nSPS) is 31.1. The van der Waals surface area contributed by atoms with Crippen LogP contribution in [0.3, 0.4) is 0 Å². The highest BCUT2D eigenvalue weighted by Crippen LogP contribution is 2.38. The molecule has 4 aliphatic heterocycles. The number of fused-ring (bicyclic) bond motifs is 3. The Morgan fingerprint density at radius 1 is 0.740 bits per heavy atom. The van der Waals surface area contributed by atoms with Crippen molar-refractivity contribution < 1.29 is 86.8 Å². The maximum atomic E-state index is 14.7. The average Bonchev–Trinajstić information content (AvgIpc) is 0.786. The number of esters is 1. The molecule has 2 bridgehead atoms. The molecule has 2 aromatic heterocycles. The number of aliphatic hydroxyl groups excluding tert-OH is 2. The number of piperazine rings is 1. The molecule has 3 saturated heterocycles. The van der Waals surface area contributed by atoms with Crippen molar-refractivity contribution in [3.8, 4) is 0 Å². The molecule has 100 heavy (non-hydrogen) atoms. The molecule has 0 unspecified atom stereocenters. The topological polar surface area (TPSA) is 365 Å². The number of hydrogen-bond acceptors (Lipinski definition) is 25. The molecular weight excluding hydrogens is 1290 g/mol. The molecule has 1 saturated carbocycles. The predicted octanol–water partition coefficient (Wildman–Crippen LogP) is 4.86. The molecule has 3 amide bonds. The quantitative estimate of drug-likeness (QED) is 0.0420. The summed E-state index contributed by atoms with van der Waals surface area (Å²) in [4.78, 5) is 121. The Hall–Kier alpha value is -6.99. The number of nitrogens with zero attached hydrogens (tertiary/aromatic N) is 7. The predicted molar refractivity (Wildman–Crippen MR) is 369 cm³/mol. The average molecular weight is 1400 g/mol. The molecule has 554 valence electrons. The van der Waals surface area contributed by atoms with E-state index < -0.39 is 120 Å². The van der Waals surface area contributed by atoms with Gasteiger partial charge in [0.2, 0.25) is 17.7 Å². The second-order valence-corrected chi connectivity index (χ2v) is 27.1. The Balaban J connectivity index is 0.947. The van der Waals surface area contributed by atoms with Crippen molar-refractivity contribution in [1.82, 2.24) is 35.5 Å². The number of rotatable bonds is 21. The Bertz CT molecular complexity index is 3110. The van der Waals surface area contributed by atoms with Crippen LogP contribution in [0.2, 0.25) is 0 Å². The molecular formula is C72H108N10O18. The number of aromatic nitrogens is 4. The van der Waals surface area contributed by atoms with Gasteiger partial charge in [-0.15, -0.1) is 0 Å². The van der Waals surface area contributed by atoms with E-state index in [1.165, 1.54) is 32.5 Å². The van der Waals surface area contributed by atoms with E-state index in [0.29, 0.717) is 147 Å². The van der Waals surface area contributed by atoms with Crippen LogP contribution in [0.5, 0.6) is 0 Å². The van der Waals surface area contributed by atoms with Crippen LogP contribution in [0, 0.1) is 29.6 Å². The first-order valence-corrected chi connectivity index (χ1v) is 35.4. The number of nitrogens with two attached hydrogens (primary N) is 1. The van der Waals surface area contributed by atoms with Gasteiger partial charge in [-0.3, -0.25) is 24.0 Å². The van der Waals surface area contributed by atoms with Crippen molar-refractivity contribution in [3.05, 3.63) is 83.5 Å². The highest BCUT2D eigenvalue weighted by atomic mass is 16.6. The summed E-state index contributed by atoms with van der Waals surface area (Å²) >= 11 is 0. The van der Waals surface area contributed by atoms with Gasteiger partial charge in [0, 0.05) is 134 Å². The minimum absolute atomic E-state index is 0.00180. The molecule has 0 aromatic carbocycles. The smallest absolute Gasteiger partial charge is 0.407 e. The standard InChI is InChI=1S/C72H108N10O18/c1-10-95-30-31-97-33-32-96-29-23-74-66(88)53-43-77-70(78-44-53)81-27-25-80(26-28-81)69-75-40-52(41-76-69)42-79-71(91)99-58-22-20-51(37-61(58)94-9)36-55(73)60-39-57(83)47(4)35-49(6)63(85)64(86)62(84)48(5)34-45(2)16-12-11-13-17-46(3)59(93-8)38-54-21-19-50(7)72(92,100-54)65(87)67(89)82-24-15-14-18-56(82)68(90)98-60/h11-13,16-17,35,40-41,43-45,47-48,50-51,54-56,58-61,63-64,85-86,92H,10,14-15,18-34,36-39,42,73H2,1-9H3,(H,74,88)(H,79,91)/b13-11+,16-12+,46-17+,49-35+/t45-,47-,48-,50-,51+,54+,55-,56+,58-,59+,60+,61-,63-,64+,72-/m1/s1. The van der Waals surface area contributed by atoms with Crippen LogP contribution in [0.4, 0.5) is 16.7 Å². The van der Waals surface area contributed by atoms with Crippen LogP contribution in [0.1, 0.15) is 141 Å². The molecule has 6 heterocycles. The lowest BCUT2D eigenvalue weighted by molar-refractivity contribution is -0.265. The number of carbonyl (C=O) groups excluding carboxylic acids is 7. The minimum Gasteiger partial charge on any atom is -0.459 e. The number of amides is 3. The van der Waals surface area contributed by atoms with Crippen LogP contribution in [-0.2, 0) is 68.4 Å². The van der Waals surface area contributed by atoms with Crippen molar-refractivity contribution in [1.29, 1.82) is 0 Å². The zero-order valence-electron chi connectivity index (χ0n) is 59.7. The lowest BCUT2D eigenvalue weighted by atomic mass is 9.80. The van der Waals surface area contributed by atoms with Gasteiger partial charge in [0.1, 0.15) is 36.2 Å². The Kier molecular flexibility index (Phi) is 32.1. The summed E-state index contributed by atoms with van der Waals surface area (Å²) < 4.78 is 46.3. The molecule has 28 heteroatoms. The van der Waals surface area contributed by atoms with Gasteiger partial charge < -0.3 is 84.3 Å². The number of anilines is 2. The number of carbonyl (C=O) groups is 7. The lowest BCUT2D eigenvalue weighted by Gasteiger charge is -2.42. The second kappa shape index (κ2) is 40.0. The summed E-state index contributed by atoms with van der Waals surface area (Å²) in [6.07, 6.45) is 13.0. The van der Waals surface area contributed by atoms with Gasteiger partial charge in [-0.1, -0.05) is 64.2 Å². The molecule has 1 aliphatic carbocycles. The number of alkyl carbamates (subject to hydrolysis) is 1. The second-order valence-electron chi connectivity index (χ2n) is 27.1. The van der Waals surface area contributed by atoms with E-state index in [2.05, 4.69) is 30.6 Å². The fourth-order valence-electron chi connectivity index (χ4n) is 13.4. The summed E-state index contributed by atoms with van der Waals surface area (Å²) in [5.74, 6) is -8.59. The zero-order valence-corrected chi connectivity index (χ0v) is 59.7. The maximum absolute atomic E-state index is 14.7. The van der Waals surface area contributed by atoms with Crippen molar-refractivity contribution in [3.63, 3.8) is 0 Å². The highest BCUT2D eigenvalue weighted by Gasteiger charge is 2.53. The Morgan fingerprint density at radius 3 is 2.06 bits per heavy atom. The number of Topliss-reactive ketones (excluding diaryl/α,β-unsaturated/α-hetero) is 3. The van der Waals surface area contributed by atoms with Gasteiger partial charge in [0.25, 0.3) is 17.6 Å².